The van der Waals surface area contributed by atoms with Crippen molar-refractivity contribution in [1.29, 1.82) is 0 Å². The Morgan fingerprint density at radius 1 is 1.48 bits per heavy atom. The molecule has 1 aliphatic rings. The Morgan fingerprint density at radius 3 is 2.95 bits per heavy atom. The van der Waals surface area contributed by atoms with Crippen molar-refractivity contribution in [2.24, 2.45) is 0 Å². The minimum Gasteiger partial charge on any atom is -0.366 e. The Morgan fingerprint density at radius 2 is 2.24 bits per heavy atom. The van der Waals surface area contributed by atoms with Crippen molar-refractivity contribution in [3.63, 3.8) is 0 Å². The molecule has 21 heavy (non-hydrogen) atoms. The number of nitrogens with one attached hydrogen (secondary N) is 1. The molecule has 1 N–H and O–H groups in total. The zero-order valence-electron chi connectivity index (χ0n) is 12.7. The second-order valence-electron chi connectivity index (χ2n) is 5.45. The largest absolute Gasteiger partial charge is 0.366 e. The summed E-state index contributed by atoms with van der Waals surface area (Å²) in [6.07, 6.45) is 1.69. The first-order chi connectivity index (χ1) is 10.2. The maximum atomic E-state index is 12.2. The maximum Gasteiger partial charge on any atom is 0.250 e. The summed E-state index contributed by atoms with van der Waals surface area (Å²) < 4.78 is 5.63. The highest BCUT2D eigenvalue weighted by atomic mass is 32.2. The lowest BCUT2D eigenvalue weighted by molar-refractivity contribution is -0.139. The van der Waals surface area contributed by atoms with Crippen LogP contribution in [-0.4, -0.2) is 54.7 Å². The molecule has 1 aliphatic heterocycles. The molecular formula is C16H24N2O2S. The number of ether oxygens (including phenoxy) is 1. The summed E-state index contributed by atoms with van der Waals surface area (Å²) in [7, 11) is 0. The van der Waals surface area contributed by atoms with E-state index in [1.54, 1.807) is 11.8 Å². The van der Waals surface area contributed by atoms with E-state index in [0.717, 1.165) is 18.8 Å². The predicted octanol–water partition coefficient (Wildman–Crippen LogP) is 1.76. The fourth-order valence-electron chi connectivity index (χ4n) is 2.47. The van der Waals surface area contributed by atoms with Crippen LogP contribution in [-0.2, 0) is 16.1 Å². The van der Waals surface area contributed by atoms with E-state index in [0.29, 0.717) is 13.2 Å². The van der Waals surface area contributed by atoms with Gasteiger partial charge in [0.2, 0.25) is 0 Å². The second-order valence-corrected chi connectivity index (χ2v) is 6.36. The molecular weight excluding hydrogens is 284 g/mol. The Balaban J connectivity index is 1.84. The van der Waals surface area contributed by atoms with E-state index in [4.69, 9.17) is 4.74 Å². The molecule has 0 unspecified atom stereocenters. The van der Waals surface area contributed by atoms with Crippen LogP contribution in [0.15, 0.2) is 30.3 Å². The van der Waals surface area contributed by atoms with E-state index in [2.05, 4.69) is 22.3 Å². The van der Waals surface area contributed by atoms with E-state index in [-0.39, 0.29) is 18.1 Å². The number of hydrogen-bond donors (Lipinski definition) is 1. The number of amides is 1. The number of benzene rings is 1. The molecule has 116 valence electrons. The van der Waals surface area contributed by atoms with E-state index >= 15 is 0 Å². The monoisotopic (exact) mass is 308 g/mol. The van der Waals surface area contributed by atoms with Gasteiger partial charge in [-0.2, -0.15) is 11.8 Å². The molecule has 1 aromatic carbocycles. The molecule has 4 nitrogen and oxygen atoms in total. The summed E-state index contributed by atoms with van der Waals surface area (Å²) >= 11 is 1.73. The van der Waals surface area contributed by atoms with E-state index in [9.17, 15) is 4.79 Å². The van der Waals surface area contributed by atoms with Crippen LogP contribution >= 0.6 is 11.8 Å². The number of carbonyl (C=O) groups is 1. The van der Waals surface area contributed by atoms with Crippen LogP contribution in [0.3, 0.4) is 0 Å². The lowest BCUT2D eigenvalue weighted by Crippen LogP contribution is -2.51. The third-order valence-corrected chi connectivity index (χ3v) is 4.33. The standard InChI is InChI=1S/C16H24N2O2S/c1-13(12-21-2)17-16(19)15-11-18(8-9-20-15)10-14-6-4-3-5-7-14/h3-7,13,15H,8-12H2,1-2H3,(H,17,19)/t13-,15-/m0/s1. The lowest BCUT2D eigenvalue weighted by Gasteiger charge is -2.32. The zero-order valence-corrected chi connectivity index (χ0v) is 13.6. The molecule has 1 fully saturated rings. The van der Waals surface area contributed by atoms with E-state index < -0.39 is 0 Å². The minimum atomic E-state index is -0.355. The van der Waals surface area contributed by atoms with Crippen LogP contribution in [0.2, 0.25) is 0 Å². The zero-order chi connectivity index (χ0) is 15.1. The summed E-state index contributed by atoms with van der Waals surface area (Å²) in [6, 6.07) is 10.5. The van der Waals surface area contributed by atoms with Crippen LogP contribution in [0.4, 0.5) is 0 Å². The van der Waals surface area contributed by atoms with Crippen LogP contribution in [0, 0.1) is 0 Å². The van der Waals surface area contributed by atoms with Gasteiger partial charge in [0.1, 0.15) is 6.10 Å². The van der Waals surface area contributed by atoms with Crippen LogP contribution < -0.4 is 5.32 Å². The highest BCUT2D eigenvalue weighted by Crippen LogP contribution is 2.11. The molecule has 1 aromatic rings. The summed E-state index contributed by atoms with van der Waals surface area (Å²) in [5, 5.41) is 3.02. The number of carbonyl (C=O) groups excluding carboxylic acids is 1. The van der Waals surface area contributed by atoms with Crippen molar-refractivity contribution < 1.29 is 9.53 Å². The molecule has 1 heterocycles. The van der Waals surface area contributed by atoms with Crippen LogP contribution in [0.1, 0.15) is 12.5 Å². The highest BCUT2D eigenvalue weighted by Gasteiger charge is 2.27. The van der Waals surface area contributed by atoms with Crippen molar-refractivity contribution in [3.8, 4) is 0 Å². The van der Waals surface area contributed by atoms with Crippen molar-refractivity contribution in [2.45, 2.75) is 25.6 Å². The molecule has 0 saturated carbocycles. The number of nitrogens with zero attached hydrogens (tertiary/aromatic N) is 1. The van der Waals surface area contributed by atoms with Gasteiger partial charge in [-0.05, 0) is 18.7 Å². The molecule has 0 aromatic heterocycles. The first-order valence-electron chi connectivity index (χ1n) is 7.36. The number of hydrogen-bond acceptors (Lipinski definition) is 4. The number of morpholine rings is 1. The third-order valence-electron chi connectivity index (χ3n) is 3.50. The van der Waals surface area contributed by atoms with E-state index in [1.807, 2.05) is 31.4 Å². The second kappa shape index (κ2) is 8.41. The average Bonchev–Trinajstić information content (AvgIpc) is 2.49. The normalized spacial score (nSPS) is 21.0. The molecule has 1 saturated heterocycles. The van der Waals surface area contributed by atoms with Gasteiger partial charge in [-0.1, -0.05) is 30.3 Å². The van der Waals surface area contributed by atoms with Gasteiger partial charge in [-0.15, -0.1) is 0 Å². The Hall–Kier alpha value is -1.04. The lowest BCUT2D eigenvalue weighted by atomic mass is 10.2. The van der Waals surface area contributed by atoms with Gasteiger partial charge in [0.05, 0.1) is 6.61 Å². The van der Waals surface area contributed by atoms with Crippen molar-refractivity contribution in [3.05, 3.63) is 35.9 Å². The van der Waals surface area contributed by atoms with Gasteiger partial charge >= 0.3 is 0 Å². The topological polar surface area (TPSA) is 41.6 Å². The number of rotatable bonds is 6. The van der Waals surface area contributed by atoms with E-state index in [1.165, 1.54) is 5.56 Å². The quantitative estimate of drug-likeness (QED) is 0.869. The van der Waals surface area contributed by atoms with Crippen molar-refractivity contribution in [1.82, 2.24) is 10.2 Å². The predicted molar refractivity (Wildman–Crippen MR) is 87.4 cm³/mol. The maximum absolute atomic E-state index is 12.2. The average molecular weight is 308 g/mol. The molecule has 0 aliphatic carbocycles. The molecule has 0 radical (unpaired) electrons. The SMILES string of the molecule is CSC[C@H](C)NC(=O)[C@@H]1CN(Cc2ccccc2)CCO1. The Kier molecular flexibility index (Phi) is 6.54. The fourth-order valence-corrected chi connectivity index (χ4v) is 3.06. The number of thioether (sulfide) groups is 1. The molecule has 0 bridgehead atoms. The Labute approximate surface area is 131 Å². The molecule has 2 rings (SSSR count). The van der Waals surface area contributed by atoms with Crippen molar-refractivity contribution >= 4 is 17.7 Å². The van der Waals surface area contributed by atoms with Crippen LogP contribution in [0.5, 0.6) is 0 Å². The summed E-state index contributed by atoms with van der Waals surface area (Å²) in [4.78, 5) is 14.5. The van der Waals surface area contributed by atoms with Gasteiger partial charge in [-0.25, -0.2) is 0 Å². The summed E-state index contributed by atoms with van der Waals surface area (Å²) in [6.45, 7) is 5.04. The fraction of sp³-hybridized carbons (Fsp3) is 0.562. The van der Waals surface area contributed by atoms with Gasteiger partial charge in [0.25, 0.3) is 5.91 Å². The molecule has 0 spiro atoms. The molecule has 5 heteroatoms. The molecule has 2 atom stereocenters. The minimum absolute atomic E-state index is 0.00862. The van der Waals surface area contributed by atoms with Crippen molar-refractivity contribution in [2.75, 3.05) is 31.7 Å². The smallest absolute Gasteiger partial charge is 0.250 e. The first kappa shape index (κ1) is 16.3. The molecule has 1 amide bonds. The third kappa shape index (κ3) is 5.34. The Bertz CT molecular complexity index is 441. The summed E-state index contributed by atoms with van der Waals surface area (Å²) in [5.74, 6) is 0.931. The van der Waals surface area contributed by atoms with Crippen LogP contribution in [0.25, 0.3) is 0 Å². The summed E-state index contributed by atoms with van der Waals surface area (Å²) in [5.41, 5.74) is 1.27. The highest BCUT2D eigenvalue weighted by molar-refractivity contribution is 7.98. The van der Waals surface area contributed by atoms with Gasteiger partial charge in [-0.3, -0.25) is 9.69 Å². The van der Waals surface area contributed by atoms with Gasteiger partial charge in [0, 0.05) is 31.4 Å². The van der Waals surface area contributed by atoms with Gasteiger partial charge in [0.15, 0.2) is 0 Å². The van der Waals surface area contributed by atoms with Gasteiger partial charge < -0.3 is 10.1 Å². The first-order valence-corrected chi connectivity index (χ1v) is 8.75.